The molecule has 0 atom stereocenters. The molecule has 2 heterocycles. The summed E-state index contributed by atoms with van der Waals surface area (Å²) in [5.74, 6) is -0.306. The van der Waals surface area contributed by atoms with Crippen molar-refractivity contribution in [1.82, 2.24) is 4.98 Å². The number of benzene rings is 1. The number of H-pyrrole nitrogens is 1. The molecule has 3 rings (SSSR count). The van der Waals surface area contributed by atoms with Gasteiger partial charge in [0.1, 0.15) is 17.0 Å². The van der Waals surface area contributed by atoms with Crippen LogP contribution in [0.25, 0.3) is 22.1 Å². The second-order valence-electron chi connectivity index (χ2n) is 3.69. The minimum absolute atomic E-state index is 0.114. The molecule has 5 nitrogen and oxygen atoms in total. The number of ether oxygens (including phenoxy) is 1. The first-order valence-electron chi connectivity index (χ1n) is 5.01. The van der Waals surface area contributed by atoms with Gasteiger partial charge in [0.05, 0.1) is 12.6 Å². The number of hydrogen-bond donors (Lipinski definition) is 2. The van der Waals surface area contributed by atoms with E-state index < -0.39 is 5.97 Å². The second-order valence-corrected chi connectivity index (χ2v) is 3.69. The Morgan fingerprint density at radius 1 is 1.35 bits per heavy atom. The summed E-state index contributed by atoms with van der Waals surface area (Å²) in [6.45, 7) is 0. The molecular formula is C12H9NO4. The van der Waals surface area contributed by atoms with Crippen LogP contribution in [0, 0.1) is 0 Å². The Bertz CT molecular complexity index is 723. The van der Waals surface area contributed by atoms with Crippen LogP contribution in [0.3, 0.4) is 0 Å². The Morgan fingerprint density at radius 2 is 2.18 bits per heavy atom. The van der Waals surface area contributed by atoms with E-state index in [0.29, 0.717) is 22.4 Å². The zero-order valence-corrected chi connectivity index (χ0v) is 8.98. The van der Waals surface area contributed by atoms with Gasteiger partial charge in [-0.3, -0.25) is 0 Å². The van der Waals surface area contributed by atoms with Gasteiger partial charge in [-0.05, 0) is 18.2 Å². The van der Waals surface area contributed by atoms with Crippen molar-refractivity contribution in [3.8, 4) is 5.75 Å². The van der Waals surface area contributed by atoms with Gasteiger partial charge < -0.3 is 19.2 Å². The number of carbonyl (C=O) groups is 1. The molecule has 0 fully saturated rings. The number of hydrogen-bond acceptors (Lipinski definition) is 3. The van der Waals surface area contributed by atoms with Crippen molar-refractivity contribution in [3.05, 3.63) is 30.0 Å². The molecule has 2 aromatic heterocycles. The van der Waals surface area contributed by atoms with Crippen LogP contribution in [0.4, 0.5) is 0 Å². The van der Waals surface area contributed by atoms with Gasteiger partial charge in [-0.25, -0.2) is 4.79 Å². The summed E-state index contributed by atoms with van der Waals surface area (Å²) in [4.78, 5) is 13.7. The van der Waals surface area contributed by atoms with E-state index in [0.717, 1.165) is 5.39 Å². The molecule has 3 aromatic rings. The van der Waals surface area contributed by atoms with E-state index in [1.54, 1.807) is 19.2 Å². The minimum atomic E-state index is -1.01. The predicted octanol–water partition coefficient (Wildman–Crippen LogP) is 2.62. The van der Waals surface area contributed by atoms with E-state index in [-0.39, 0.29) is 5.69 Å². The van der Waals surface area contributed by atoms with Gasteiger partial charge in [0, 0.05) is 11.5 Å². The Morgan fingerprint density at radius 3 is 2.88 bits per heavy atom. The van der Waals surface area contributed by atoms with Crippen LogP contribution < -0.4 is 4.74 Å². The number of nitrogens with one attached hydrogen (secondary N) is 1. The molecule has 2 N–H and O–H groups in total. The van der Waals surface area contributed by atoms with Crippen LogP contribution in [0.15, 0.2) is 28.7 Å². The number of furan rings is 1. The Kier molecular flexibility index (Phi) is 1.89. The molecule has 0 aliphatic heterocycles. The molecule has 86 valence electrons. The lowest BCUT2D eigenvalue weighted by Crippen LogP contribution is -1.95. The summed E-state index contributed by atoms with van der Waals surface area (Å²) in [5, 5.41) is 9.69. The second kappa shape index (κ2) is 3.28. The molecule has 0 unspecified atom stereocenters. The predicted molar refractivity (Wildman–Crippen MR) is 61.6 cm³/mol. The first kappa shape index (κ1) is 9.77. The first-order chi connectivity index (χ1) is 8.19. The number of aromatic amines is 1. The maximum absolute atomic E-state index is 10.8. The molecule has 0 bridgehead atoms. The van der Waals surface area contributed by atoms with Crippen LogP contribution in [-0.4, -0.2) is 23.2 Å². The minimum Gasteiger partial charge on any atom is -0.497 e. The van der Waals surface area contributed by atoms with Gasteiger partial charge in [0.2, 0.25) is 0 Å². The lowest BCUT2D eigenvalue weighted by Gasteiger charge is -1.97. The van der Waals surface area contributed by atoms with Crippen molar-refractivity contribution in [2.24, 2.45) is 0 Å². The van der Waals surface area contributed by atoms with Crippen molar-refractivity contribution in [2.75, 3.05) is 7.11 Å². The molecule has 0 aliphatic carbocycles. The van der Waals surface area contributed by atoms with E-state index in [2.05, 4.69) is 4.98 Å². The van der Waals surface area contributed by atoms with Crippen molar-refractivity contribution in [2.45, 2.75) is 0 Å². The normalized spacial score (nSPS) is 11.1. The molecule has 0 amide bonds. The van der Waals surface area contributed by atoms with Crippen LogP contribution >= 0.6 is 0 Å². The molecular weight excluding hydrogens is 222 g/mol. The SMILES string of the molecule is COc1ccc2oc3cc(C(=O)O)[nH]c3c2c1. The summed E-state index contributed by atoms with van der Waals surface area (Å²) in [5.41, 5.74) is 2.02. The summed E-state index contributed by atoms with van der Waals surface area (Å²) >= 11 is 0. The fourth-order valence-electron chi connectivity index (χ4n) is 1.87. The third-order valence-electron chi connectivity index (χ3n) is 2.69. The lowest BCUT2D eigenvalue weighted by molar-refractivity contribution is 0.0691. The molecule has 0 saturated carbocycles. The quantitative estimate of drug-likeness (QED) is 0.710. The lowest BCUT2D eigenvalue weighted by atomic mass is 10.2. The number of methoxy groups -OCH3 is 1. The molecule has 0 spiro atoms. The van der Waals surface area contributed by atoms with E-state index in [9.17, 15) is 4.79 Å². The van der Waals surface area contributed by atoms with Crippen LogP contribution in [-0.2, 0) is 0 Å². The molecule has 0 aliphatic rings. The highest BCUT2D eigenvalue weighted by Gasteiger charge is 2.14. The van der Waals surface area contributed by atoms with Gasteiger partial charge in [-0.1, -0.05) is 0 Å². The average molecular weight is 231 g/mol. The third-order valence-corrected chi connectivity index (χ3v) is 2.69. The monoisotopic (exact) mass is 231 g/mol. The topological polar surface area (TPSA) is 75.5 Å². The van der Waals surface area contributed by atoms with E-state index in [4.69, 9.17) is 14.3 Å². The fourth-order valence-corrected chi connectivity index (χ4v) is 1.87. The maximum Gasteiger partial charge on any atom is 0.352 e. The van der Waals surface area contributed by atoms with Crippen LogP contribution in [0.2, 0.25) is 0 Å². The number of aromatic carboxylic acids is 1. The highest BCUT2D eigenvalue weighted by atomic mass is 16.5. The highest BCUT2D eigenvalue weighted by Crippen LogP contribution is 2.31. The number of carboxylic acid groups (broad SMARTS) is 1. The number of rotatable bonds is 2. The summed E-state index contributed by atoms with van der Waals surface area (Å²) in [6.07, 6.45) is 0. The Balaban J connectivity index is 2.33. The van der Waals surface area contributed by atoms with Crippen molar-refractivity contribution < 1.29 is 19.1 Å². The zero-order chi connectivity index (χ0) is 12.0. The standard InChI is InChI=1S/C12H9NO4/c1-16-6-2-3-9-7(4-6)11-10(17-9)5-8(13-11)12(14)15/h2-5,13H,1H3,(H,14,15). The van der Waals surface area contributed by atoms with E-state index in [1.165, 1.54) is 6.07 Å². The van der Waals surface area contributed by atoms with Crippen molar-refractivity contribution >= 4 is 28.0 Å². The van der Waals surface area contributed by atoms with Gasteiger partial charge in [-0.2, -0.15) is 0 Å². The molecule has 0 radical (unpaired) electrons. The Labute approximate surface area is 95.6 Å². The number of fused-ring (bicyclic) bond motifs is 3. The number of aromatic nitrogens is 1. The molecule has 5 heteroatoms. The van der Waals surface area contributed by atoms with Gasteiger partial charge in [0.15, 0.2) is 5.58 Å². The fraction of sp³-hybridized carbons (Fsp3) is 0.0833. The first-order valence-corrected chi connectivity index (χ1v) is 5.01. The molecule has 1 aromatic carbocycles. The van der Waals surface area contributed by atoms with Gasteiger partial charge in [-0.15, -0.1) is 0 Å². The van der Waals surface area contributed by atoms with Gasteiger partial charge >= 0.3 is 5.97 Å². The summed E-state index contributed by atoms with van der Waals surface area (Å²) in [6, 6.07) is 6.87. The van der Waals surface area contributed by atoms with Crippen LogP contribution in [0.5, 0.6) is 5.75 Å². The molecule has 0 saturated heterocycles. The maximum atomic E-state index is 10.8. The van der Waals surface area contributed by atoms with E-state index >= 15 is 0 Å². The van der Waals surface area contributed by atoms with Crippen molar-refractivity contribution in [3.63, 3.8) is 0 Å². The molecule has 17 heavy (non-hydrogen) atoms. The van der Waals surface area contributed by atoms with Crippen LogP contribution in [0.1, 0.15) is 10.5 Å². The largest absolute Gasteiger partial charge is 0.497 e. The Hall–Kier alpha value is -2.43. The average Bonchev–Trinajstić information content (AvgIpc) is 2.85. The van der Waals surface area contributed by atoms with E-state index in [1.807, 2.05) is 6.07 Å². The van der Waals surface area contributed by atoms with Crippen molar-refractivity contribution in [1.29, 1.82) is 0 Å². The van der Waals surface area contributed by atoms with Gasteiger partial charge in [0.25, 0.3) is 0 Å². The highest BCUT2D eigenvalue weighted by molar-refractivity contribution is 6.06. The summed E-state index contributed by atoms with van der Waals surface area (Å²) < 4.78 is 10.7. The number of carboxylic acids is 1. The third kappa shape index (κ3) is 1.36. The zero-order valence-electron chi connectivity index (χ0n) is 8.98. The smallest absolute Gasteiger partial charge is 0.352 e. The summed E-state index contributed by atoms with van der Waals surface area (Å²) in [7, 11) is 1.58.